The molecular formula is C34H36BrN3O4S. The molecule has 43 heavy (non-hydrogen) atoms. The molecule has 0 unspecified atom stereocenters. The fraction of sp³-hybridized carbons (Fsp3) is 0.235. The van der Waals surface area contributed by atoms with E-state index in [1.165, 1.54) is 17.0 Å². The zero-order valence-corrected chi connectivity index (χ0v) is 26.7. The molecule has 0 saturated heterocycles. The minimum absolute atomic E-state index is 0.0671. The first-order chi connectivity index (χ1) is 20.7. The van der Waals surface area contributed by atoms with E-state index in [0.29, 0.717) is 12.2 Å². The van der Waals surface area contributed by atoms with Crippen molar-refractivity contribution in [2.75, 3.05) is 17.4 Å². The van der Waals surface area contributed by atoms with Crippen molar-refractivity contribution < 1.29 is 18.0 Å². The van der Waals surface area contributed by atoms with E-state index in [0.717, 1.165) is 31.9 Å². The Morgan fingerprint density at radius 1 is 0.837 bits per heavy atom. The molecule has 2 amide bonds. The van der Waals surface area contributed by atoms with Crippen LogP contribution in [-0.4, -0.2) is 44.3 Å². The molecule has 0 heterocycles. The number of anilines is 1. The van der Waals surface area contributed by atoms with Gasteiger partial charge in [-0.1, -0.05) is 101 Å². The Morgan fingerprint density at radius 3 is 2.09 bits per heavy atom. The van der Waals surface area contributed by atoms with Crippen LogP contribution in [0.3, 0.4) is 0 Å². The van der Waals surface area contributed by atoms with E-state index in [1.54, 1.807) is 42.5 Å². The van der Waals surface area contributed by atoms with E-state index < -0.39 is 28.5 Å². The van der Waals surface area contributed by atoms with Crippen LogP contribution in [0.2, 0.25) is 0 Å². The van der Waals surface area contributed by atoms with Crippen molar-refractivity contribution in [2.24, 2.45) is 0 Å². The molecule has 1 atom stereocenters. The SMILES string of the molecule is CCCNC(=O)[C@H](Cc1ccccc1)N(Cc1cccc(C)c1)C(=O)CN(c1ccc(Br)cc1)S(=O)(=O)c1ccccc1. The van der Waals surface area contributed by atoms with Crippen molar-refractivity contribution in [3.63, 3.8) is 0 Å². The van der Waals surface area contributed by atoms with Crippen LogP contribution in [0.25, 0.3) is 0 Å². The maximum Gasteiger partial charge on any atom is 0.264 e. The van der Waals surface area contributed by atoms with E-state index in [2.05, 4.69) is 21.2 Å². The lowest BCUT2D eigenvalue weighted by atomic mass is 10.0. The van der Waals surface area contributed by atoms with Crippen molar-refractivity contribution in [3.05, 3.63) is 130 Å². The number of rotatable bonds is 13. The summed E-state index contributed by atoms with van der Waals surface area (Å²) < 4.78 is 29.8. The second-order valence-electron chi connectivity index (χ2n) is 10.3. The molecule has 4 aromatic rings. The number of nitrogens with one attached hydrogen (secondary N) is 1. The predicted molar refractivity (Wildman–Crippen MR) is 174 cm³/mol. The summed E-state index contributed by atoms with van der Waals surface area (Å²) in [5.41, 5.74) is 3.09. The molecule has 224 valence electrons. The summed E-state index contributed by atoms with van der Waals surface area (Å²) >= 11 is 3.41. The standard InChI is InChI=1S/C34H36BrN3O4S/c1-3-21-36-34(40)32(23-27-12-6-4-7-13-27)37(24-28-14-10-11-26(2)22-28)33(39)25-38(30-19-17-29(35)18-20-30)43(41,42)31-15-8-5-9-16-31/h4-20,22,32H,3,21,23-25H2,1-2H3,(H,36,40)/t32-/m0/s1. The Morgan fingerprint density at radius 2 is 1.47 bits per heavy atom. The molecule has 0 fully saturated rings. The van der Waals surface area contributed by atoms with E-state index in [-0.39, 0.29) is 23.8 Å². The smallest absolute Gasteiger partial charge is 0.264 e. The van der Waals surface area contributed by atoms with E-state index in [1.807, 2.05) is 68.4 Å². The average molecular weight is 663 g/mol. The highest BCUT2D eigenvalue weighted by atomic mass is 79.9. The minimum atomic E-state index is -4.12. The van der Waals surface area contributed by atoms with Gasteiger partial charge in [0.05, 0.1) is 10.6 Å². The number of carbonyl (C=O) groups excluding carboxylic acids is 2. The van der Waals surface area contributed by atoms with Crippen LogP contribution < -0.4 is 9.62 Å². The van der Waals surface area contributed by atoms with Crippen LogP contribution in [0.1, 0.15) is 30.0 Å². The molecule has 0 aliphatic rings. The first kappa shape index (κ1) is 32.0. The number of amides is 2. The minimum Gasteiger partial charge on any atom is -0.354 e. The lowest BCUT2D eigenvalue weighted by Crippen LogP contribution is -2.53. The summed E-state index contributed by atoms with van der Waals surface area (Å²) in [6.45, 7) is 4.04. The molecule has 4 rings (SSSR count). The molecule has 0 spiro atoms. The lowest BCUT2D eigenvalue weighted by molar-refractivity contribution is -0.140. The first-order valence-electron chi connectivity index (χ1n) is 14.2. The van der Waals surface area contributed by atoms with Gasteiger partial charge < -0.3 is 10.2 Å². The summed E-state index contributed by atoms with van der Waals surface area (Å²) in [6, 6.07) is 31.2. The second kappa shape index (κ2) is 15.0. The number of carbonyl (C=O) groups is 2. The predicted octanol–water partition coefficient (Wildman–Crippen LogP) is 6.12. The highest BCUT2D eigenvalue weighted by Gasteiger charge is 2.34. The van der Waals surface area contributed by atoms with Crippen LogP contribution in [0, 0.1) is 6.92 Å². The van der Waals surface area contributed by atoms with Gasteiger partial charge in [0.25, 0.3) is 10.0 Å². The molecule has 0 radical (unpaired) electrons. The quantitative estimate of drug-likeness (QED) is 0.187. The number of sulfonamides is 1. The molecule has 4 aromatic carbocycles. The second-order valence-corrected chi connectivity index (χ2v) is 13.1. The van der Waals surface area contributed by atoms with Gasteiger partial charge in [-0.25, -0.2) is 8.42 Å². The van der Waals surface area contributed by atoms with E-state index in [4.69, 9.17) is 0 Å². The summed E-state index contributed by atoms with van der Waals surface area (Å²) in [6.07, 6.45) is 1.01. The molecular weight excluding hydrogens is 626 g/mol. The number of halogens is 1. The molecule has 1 N–H and O–H groups in total. The van der Waals surface area contributed by atoms with Crippen LogP contribution in [0.5, 0.6) is 0 Å². The Kier molecular flexibility index (Phi) is 11.1. The lowest BCUT2D eigenvalue weighted by Gasteiger charge is -2.34. The zero-order valence-electron chi connectivity index (χ0n) is 24.3. The Balaban J connectivity index is 1.78. The highest BCUT2D eigenvalue weighted by Crippen LogP contribution is 2.26. The highest BCUT2D eigenvalue weighted by molar-refractivity contribution is 9.10. The first-order valence-corrected chi connectivity index (χ1v) is 16.4. The summed E-state index contributed by atoms with van der Waals surface area (Å²) in [5, 5.41) is 2.96. The Bertz CT molecular complexity index is 1610. The number of hydrogen-bond donors (Lipinski definition) is 1. The monoisotopic (exact) mass is 661 g/mol. The topological polar surface area (TPSA) is 86.8 Å². The number of nitrogens with zero attached hydrogens (tertiary/aromatic N) is 2. The third kappa shape index (κ3) is 8.55. The number of aryl methyl sites for hydroxylation is 1. The van der Waals surface area contributed by atoms with Gasteiger partial charge in [0.15, 0.2) is 0 Å². The normalized spacial score (nSPS) is 11.9. The molecule has 0 saturated carbocycles. The van der Waals surface area contributed by atoms with Gasteiger partial charge >= 0.3 is 0 Å². The van der Waals surface area contributed by atoms with Gasteiger partial charge in [0.2, 0.25) is 11.8 Å². The summed E-state index contributed by atoms with van der Waals surface area (Å²) in [5.74, 6) is -0.774. The average Bonchev–Trinajstić information content (AvgIpc) is 3.01. The van der Waals surface area contributed by atoms with Gasteiger partial charge in [-0.05, 0) is 60.9 Å². The Labute approximate surface area is 262 Å². The van der Waals surface area contributed by atoms with Gasteiger partial charge in [0.1, 0.15) is 12.6 Å². The van der Waals surface area contributed by atoms with Crippen molar-refractivity contribution >= 4 is 43.5 Å². The Hall–Kier alpha value is -3.95. The van der Waals surface area contributed by atoms with Crippen LogP contribution >= 0.6 is 15.9 Å². The molecule has 0 aliphatic heterocycles. The number of hydrogen-bond acceptors (Lipinski definition) is 4. The molecule has 0 aliphatic carbocycles. The molecule has 0 bridgehead atoms. The van der Waals surface area contributed by atoms with Crippen LogP contribution in [-0.2, 0) is 32.6 Å². The van der Waals surface area contributed by atoms with Gasteiger partial charge in [-0.2, -0.15) is 0 Å². The van der Waals surface area contributed by atoms with Gasteiger partial charge in [-0.15, -0.1) is 0 Å². The van der Waals surface area contributed by atoms with Gasteiger partial charge in [0, 0.05) is 24.0 Å². The van der Waals surface area contributed by atoms with Crippen LogP contribution in [0.15, 0.2) is 119 Å². The molecule has 9 heteroatoms. The van der Waals surface area contributed by atoms with Crippen molar-refractivity contribution in [2.45, 2.75) is 44.2 Å². The van der Waals surface area contributed by atoms with Crippen molar-refractivity contribution in [1.29, 1.82) is 0 Å². The summed E-state index contributed by atoms with van der Waals surface area (Å²) in [4.78, 5) is 29.7. The van der Waals surface area contributed by atoms with E-state index >= 15 is 0 Å². The molecule has 7 nitrogen and oxygen atoms in total. The maximum absolute atomic E-state index is 14.4. The fourth-order valence-electron chi connectivity index (χ4n) is 4.78. The van der Waals surface area contributed by atoms with Crippen molar-refractivity contribution in [1.82, 2.24) is 10.2 Å². The zero-order chi connectivity index (χ0) is 30.8. The fourth-order valence-corrected chi connectivity index (χ4v) is 6.48. The van der Waals surface area contributed by atoms with Crippen LogP contribution in [0.4, 0.5) is 5.69 Å². The summed E-state index contributed by atoms with van der Waals surface area (Å²) in [7, 11) is -4.12. The largest absolute Gasteiger partial charge is 0.354 e. The number of benzene rings is 4. The third-order valence-electron chi connectivity index (χ3n) is 6.98. The maximum atomic E-state index is 14.4. The van der Waals surface area contributed by atoms with Gasteiger partial charge in [-0.3, -0.25) is 13.9 Å². The third-order valence-corrected chi connectivity index (χ3v) is 9.30. The van der Waals surface area contributed by atoms with Crippen molar-refractivity contribution in [3.8, 4) is 0 Å². The molecule has 0 aromatic heterocycles. The van der Waals surface area contributed by atoms with E-state index in [9.17, 15) is 18.0 Å².